The molecule has 0 N–H and O–H groups in total. The molecule has 2 heterocycles. The Morgan fingerprint density at radius 2 is 1.91 bits per heavy atom. The molecule has 0 amide bonds. The summed E-state index contributed by atoms with van der Waals surface area (Å²) in [5, 5.41) is 8.13. The summed E-state index contributed by atoms with van der Waals surface area (Å²) < 4.78 is 5.19. The van der Waals surface area contributed by atoms with Gasteiger partial charge in [0, 0.05) is 24.0 Å². The van der Waals surface area contributed by atoms with E-state index in [4.69, 9.17) is 4.74 Å². The van der Waals surface area contributed by atoms with E-state index in [-0.39, 0.29) is 5.88 Å². The van der Waals surface area contributed by atoms with Crippen LogP contribution in [0.1, 0.15) is 21.5 Å². The van der Waals surface area contributed by atoms with E-state index in [0.29, 0.717) is 5.56 Å². The van der Waals surface area contributed by atoms with Crippen LogP contribution in [0.25, 0.3) is 11.3 Å². The molecule has 114 valence electrons. The zero-order chi connectivity index (χ0) is 16.2. The molecule has 0 saturated carbocycles. The van der Waals surface area contributed by atoms with Crippen LogP contribution < -0.4 is 4.74 Å². The minimum atomic E-state index is -0.508. The molecule has 0 atom stereocenters. The maximum absolute atomic E-state index is 11.9. The highest BCUT2D eigenvalue weighted by atomic mass is 16.5. The first kappa shape index (κ1) is 14.8. The largest absolute Gasteiger partial charge is 0.402 e. The Labute approximate surface area is 134 Å². The van der Waals surface area contributed by atoms with E-state index < -0.39 is 5.97 Å². The Bertz CT molecular complexity index is 831. The van der Waals surface area contributed by atoms with Crippen molar-refractivity contribution >= 4 is 5.97 Å². The normalized spacial score (nSPS) is 10.3. The van der Waals surface area contributed by atoms with Gasteiger partial charge in [-0.2, -0.15) is 0 Å². The van der Waals surface area contributed by atoms with Gasteiger partial charge in [0.15, 0.2) is 0 Å². The Balaban J connectivity index is 1.80. The number of aryl methyl sites for hydroxylation is 2. The molecule has 0 radical (unpaired) electrons. The number of nitrogens with zero attached hydrogens (tertiary/aromatic N) is 3. The van der Waals surface area contributed by atoms with Crippen LogP contribution in [0.2, 0.25) is 0 Å². The molecule has 0 spiro atoms. The summed E-state index contributed by atoms with van der Waals surface area (Å²) in [5.41, 5.74) is 4.40. The average Bonchev–Trinajstić information content (AvgIpc) is 2.58. The Kier molecular flexibility index (Phi) is 4.10. The van der Waals surface area contributed by atoms with Crippen LogP contribution in [0, 0.1) is 13.8 Å². The minimum absolute atomic E-state index is 0.160. The standard InChI is InChI=1S/C18H15N3O2/c1-12-5-6-13(2)15(10-12)16-7-8-17(21-20-16)23-18(22)14-4-3-9-19-11-14/h3-11H,1-2H3. The van der Waals surface area contributed by atoms with Gasteiger partial charge in [0.05, 0.1) is 11.3 Å². The summed E-state index contributed by atoms with van der Waals surface area (Å²) >= 11 is 0. The summed E-state index contributed by atoms with van der Waals surface area (Å²) in [7, 11) is 0. The molecule has 5 heteroatoms. The lowest BCUT2D eigenvalue weighted by Crippen LogP contribution is -2.10. The van der Waals surface area contributed by atoms with E-state index in [9.17, 15) is 4.79 Å². The molecule has 5 nitrogen and oxygen atoms in total. The highest BCUT2D eigenvalue weighted by Gasteiger charge is 2.11. The fraction of sp³-hybridized carbons (Fsp3) is 0.111. The van der Waals surface area contributed by atoms with Gasteiger partial charge in [0.2, 0.25) is 5.88 Å². The van der Waals surface area contributed by atoms with Crippen LogP contribution in [0.15, 0.2) is 54.9 Å². The summed E-state index contributed by atoms with van der Waals surface area (Å²) in [6.45, 7) is 4.05. The molecule has 0 fully saturated rings. The van der Waals surface area contributed by atoms with Crippen molar-refractivity contribution in [1.29, 1.82) is 0 Å². The number of aromatic nitrogens is 3. The summed E-state index contributed by atoms with van der Waals surface area (Å²) in [4.78, 5) is 15.8. The van der Waals surface area contributed by atoms with Crippen LogP contribution in [0.4, 0.5) is 0 Å². The number of benzene rings is 1. The Hall–Kier alpha value is -3.08. The number of carbonyl (C=O) groups excluding carboxylic acids is 1. The van der Waals surface area contributed by atoms with Gasteiger partial charge in [0.25, 0.3) is 0 Å². The van der Waals surface area contributed by atoms with Crippen molar-refractivity contribution in [3.63, 3.8) is 0 Å². The van der Waals surface area contributed by atoms with Gasteiger partial charge < -0.3 is 4.74 Å². The monoisotopic (exact) mass is 305 g/mol. The zero-order valence-corrected chi connectivity index (χ0v) is 12.9. The predicted octanol–water partition coefficient (Wildman–Crippen LogP) is 3.37. The summed E-state index contributed by atoms with van der Waals surface area (Å²) in [5.74, 6) is -0.347. The van der Waals surface area contributed by atoms with Crippen molar-refractivity contribution in [2.24, 2.45) is 0 Å². The number of carbonyl (C=O) groups is 1. The zero-order valence-electron chi connectivity index (χ0n) is 12.9. The highest BCUT2D eigenvalue weighted by Crippen LogP contribution is 2.23. The molecule has 3 rings (SSSR count). The van der Waals surface area contributed by atoms with Gasteiger partial charge in [-0.3, -0.25) is 4.98 Å². The van der Waals surface area contributed by atoms with Gasteiger partial charge in [0.1, 0.15) is 0 Å². The average molecular weight is 305 g/mol. The van der Waals surface area contributed by atoms with E-state index in [1.165, 1.54) is 6.20 Å². The van der Waals surface area contributed by atoms with Gasteiger partial charge in [-0.1, -0.05) is 17.7 Å². The van der Waals surface area contributed by atoms with Crippen LogP contribution in [-0.4, -0.2) is 21.2 Å². The number of pyridine rings is 1. The number of rotatable bonds is 3. The molecular formula is C18H15N3O2. The minimum Gasteiger partial charge on any atom is -0.402 e. The van der Waals surface area contributed by atoms with Crippen LogP contribution in [0.3, 0.4) is 0 Å². The molecule has 0 saturated heterocycles. The van der Waals surface area contributed by atoms with Crippen molar-refractivity contribution in [2.75, 3.05) is 0 Å². The number of hydrogen-bond donors (Lipinski definition) is 0. The van der Waals surface area contributed by atoms with Crippen molar-refractivity contribution in [3.8, 4) is 17.1 Å². The van der Waals surface area contributed by atoms with Gasteiger partial charge >= 0.3 is 5.97 Å². The van der Waals surface area contributed by atoms with Gasteiger partial charge in [-0.05, 0) is 43.7 Å². The third kappa shape index (κ3) is 3.40. The first-order valence-electron chi connectivity index (χ1n) is 7.17. The van der Waals surface area contributed by atoms with Crippen molar-refractivity contribution < 1.29 is 9.53 Å². The first-order chi connectivity index (χ1) is 11.1. The fourth-order valence-electron chi connectivity index (χ4n) is 2.17. The van der Waals surface area contributed by atoms with Gasteiger partial charge in [-0.25, -0.2) is 4.79 Å². The molecule has 2 aromatic heterocycles. The van der Waals surface area contributed by atoms with Crippen molar-refractivity contribution in [2.45, 2.75) is 13.8 Å². The summed E-state index contributed by atoms with van der Waals surface area (Å²) in [6, 6.07) is 12.9. The van der Waals surface area contributed by atoms with Crippen molar-refractivity contribution in [1.82, 2.24) is 15.2 Å². The second-order valence-corrected chi connectivity index (χ2v) is 5.21. The number of esters is 1. The Morgan fingerprint density at radius 1 is 1.04 bits per heavy atom. The molecule has 3 aromatic rings. The quantitative estimate of drug-likeness (QED) is 0.694. The molecular weight excluding hydrogens is 290 g/mol. The lowest BCUT2D eigenvalue weighted by atomic mass is 10.0. The number of hydrogen-bond acceptors (Lipinski definition) is 5. The van der Waals surface area contributed by atoms with E-state index in [1.807, 2.05) is 19.9 Å². The van der Waals surface area contributed by atoms with Crippen molar-refractivity contribution in [3.05, 3.63) is 71.5 Å². The lowest BCUT2D eigenvalue weighted by Gasteiger charge is -2.07. The molecule has 0 aliphatic rings. The van der Waals surface area contributed by atoms with Gasteiger partial charge in [-0.15, -0.1) is 10.2 Å². The Morgan fingerprint density at radius 3 is 2.61 bits per heavy atom. The first-order valence-corrected chi connectivity index (χ1v) is 7.17. The molecule has 0 bridgehead atoms. The maximum atomic E-state index is 11.9. The topological polar surface area (TPSA) is 65.0 Å². The lowest BCUT2D eigenvalue weighted by molar-refractivity contribution is 0.0725. The summed E-state index contributed by atoms with van der Waals surface area (Å²) in [6.07, 6.45) is 3.04. The second kappa shape index (κ2) is 6.36. The molecule has 0 aliphatic carbocycles. The predicted molar refractivity (Wildman–Crippen MR) is 86.1 cm³/mol. The smallest absolute Gasteiger partial charge is 0.346 e. The SMILES string of the molecule is Cc1ccc(C)c(-c2ccc(OC(=O)c3cccnc3)nn2)c1. The molecule has 23 heavy (non-hydrogen) atoms. The van der Waals surface area contributed by atoms with E-state index in [1.54, 1.807) is 30.5 Å². The van der Waals surface area contributed by atoms with E-state index in [2.05, 4.69) is 27.3 Å². The van der Waals surface area contributed by atoms with Crippen LogP contribution >= 0.6 is 0 Å². The van der Waals surface area contributed by atoms with E-state index >= 15 is 0 Å². The highest BCUT2D eigenvalue weighted by molar-refractivity contribution is 5.90. The third-order valence-electron chi connectivity index (χ3n) is 3.40. The van der Waals surface area contributed by atoms with Crippen LogP contribution in [0.5, 0.6) is 5.88 Å². The third-order valence-corrected chi connectivity index (χ3v) is 3.40. The molecule has 1 aromatic carbocycles. The number of ether oxygens (including phenoxy) is 1. The molecule has 0 aliphatic heterocycles. The maximum Gasteiger partial charge on any atom is 0.346 e. The fourth-order valence-corrected chi connectivity index (χ4v) is 2.17. The second-order valence-electron chi connectivity index (χ2n) is 5.21. The van der Waals surface area contributed by atoms with Crippen LogP contribution in [-0.2, 0) is 0 Å². The molecule has 0 unspecified atom stereocenters. The van der Waals surface area contributed by atoms with E-state index in [0.717, 1.165) is 22.4 Å².